The first-order chi connectivity index (χ1) is 17.8. The number of hydrogen-bond acceptors (Lipinski definition) is 4. The molecule has 216 valence electrons. The molecular formula is C30H55NO5S. The zero-order valence-corrected chi connectivity index (χ0v) is 24.4. The Hall–Kier alpha value is -1.44. The van der Waals surface area contributed by atoms with Crippen LogP contribution in [0.1, 0.15) is 129 Å². The lowest BCUT2D eigenvalue weighted by Gasteiger charge is -2.21. The summed E-state index contributed by atoms with van der Waals surface area (Å²) in [5, 5.41) is 13.0. The Morgan fingerprint density at radius 1 is 0.703 bits per heavy atom. The van der Waals surface area contributed by atoms with Gasteiger partial charge in [-0.25, -0.2) is 0 Å². The molecule has 2 unspecified atom stereocenters. The molecule has 0 heterocycles. The Balaban J connectivity index is 4.21. The highest BCUT2D eigenvalue weighted by atomic mass is 32.2. The fourth-order valence-corrected chi connectivity index (χ4v) is 4.80. The van der Waals surface area contributed by atoms with E-state index in [1.54, 1.807) is 6.08 Å². The van der Waals surface area contributed by atoms with Crippen molar-refractivity contribution in [3.8, 4) is 0 Å². The van der Waals surface area contributed by atoms with Gasteiger partial charge in [0.15, 0.2) is 0 Å². The molecule has 0 aliphatic heterocycles. The molecule has 3 N–H and O–H groups in total. The van der Waals surface area contributed by atoms with Crippen LogP contribution in [0.4, 0.5) is 0 Å². The van der Waals surface area contributed by atoms with Crippen LogP contribution in [0.5, 0.6) is 0 Å². The fourth-order valence-electron chi connectivity index (χ4n) is 4.07. The molecule has 0 aliphatic rings. The van der Waals surface area contributed by atoms with E-state index in [1.807, 2.05) is 0 Å². The first kappa shape index (κ1) is 35.6. The predicted octanol–water partition coefficient (Wildman–Crippen LogP) is 7.45. The normalized spacial score (nSPS) is 14.2. The molecule has 0 aromatic heterocycles. The van der Waals surface area contributed by atoms with E-state index in [4.69, 9.17) is 0 Å². The van der Waals surface area contributed by atoms with Gasteiger partial charge in [0.2, 0.25) is 5.91 Å². The van der Waals surface area contributed by atoms with Crippen LogP contribution >= 0.6 is 0 Å². The van der Waals surface area contributed by atoms with Crippen molar-refractivity contribution in [1.82, 2.24) is 5.32 Å². The maximum Gasteiger partial charge on any atom is 0.267 e. The van der Waals surface area contributed by atoms with Crippen molar-refractivity contribution in [2.45, 2.75) is 142 Å². The summed E-state index contributed by atoms with van der Waals surface area (Å²) >= 11 is 0. The number of carbonyl (C=O) groups is 1. The number of hydrogen-bond donors (Lipinski definition) is 3. The molecule has 0 saturated heterocycles. The van der Waals surface area contributed by atoms with Crippen LogP contribution in [0.2, 0.25) is 0 Å². The Bertz CT molecular complexity index is 730. The monoisotopic (exact) mass is 541 g/mol. The van der Waals surface area contributed by atoms with Crippen molar-refractivity contribution in [1.29, 1.82) is 0 Å². The van der Waals surface area contributed by atoms with E-state index in [1.165, 1.54) is 63.9 Å². The average molecular weight is 542 g/mol. The molecular weight excluding hydrogens is 486 g/mol. The number of amides is 1. The number of rotatable bonds is 25. The number of nitrogens with one attached hydrogen (secondary N) is 1. The van der Waals surface area contributed by atoms with Gasteiger partial charge < -0.3 is 10.4 Å². The molecule has 7 heteroatoms. The van der Waals surface area contributed by atoms with E-state index in [9.17, 15) is 22.9 Å². The van der Waals surface area contributed by atoms with E-state index in [0.29, 0.717) is 6.42 Å². The van der Waals surface area contributed by atoms with Crippen molar-refractivity contribution >= 4 is 16.0 Å². The summed E-state index contributed by atoms with van der Waals surface area (Å²) in [5.74, 6) is -1.02. The number of aliphatic hydroxyl groups is 1. The molecule has 0 aromatic carbocycles. The third-order valence-electron chi connectivity index (χ3n) is 6.30. The summed E-state index contributed by atoms with van der Waals surface area (Å²) in [4.78, 5) is 12.3. The fraction of sp³-hybridized carbons (Fsp3) is 0.767. The van der Waals surface area contributed by atoms with E-state index >= 15 is 0 Å². The Kier molecular flexibility index (Phi) is 23.9. The number of allylic oxidation sites excluding steroid dienone is 5. The summed E-state index contributed by atoms with van der Waals surface area (Å²) < 4.78 is 32.0. The molecule has 37 heavy (non-hydrogen) atoms. The first-order valence-electron chi connectivity index (χ1n) is 14.7. The summed E-state index contributed by atoms with van der Waals surface area (Å²) in [5.41, 5.74) is 0. The zero-order valence-electron chi connectivity index (χ0n) is 23.6. The van der Waals surface area contributed by atoms with E-state index in [-0.39, 0.29) is 12.3 Å². The van der Waals surface area contributed by atoms with E-state index < -0.39 is 28.0 Å². The maximum atomic E-state index is 12.3. The second-order valence-corrected chi connectivity index (χ2v) is 11.5. The maximum absolute atomic E-state index is 12.3. The molecule has 0 radical (unpaired) electrons. The average Bonchev–Trinajstić information content (AvgIpc) is 2.84. The van der Waals surface area contributed by atoms with Crippen LogP contribution in [-0.2, 0) is 14.9 Å². The van der Waals surface area contributed by atoms with Crippen molar-refractivity contribution in [2.75, 3.05) is 5.75 Å². The van der Waals surface area contributed by atoms with Gasteiger partial charge in [0.1, 0.15) is 0 Å². The molecule has 6 nitrogen and oxygen atoms in total. The van der Waals surface area contributed by atoms with Crippen LogP contribution in [0, 0.1) is 0 Å². The highest BCUT2D eigenvalue weighted by Crippen LogP contribution is 2.10. The predicted molar refractivity (Wildman–Crippen MR) is 156 cm³/mol. The summed E-state index contributed by atoms with van der Waals surface area (Å²) in [6.45, 7) is 4.41. The van der Waals surface area contributed by atoms with Crippen molar-refractivity contribution < 1.29 is 22.9 Å². The minimum absolute atomic E-state index is 0.283. The number of unbranched alkanes of at least 4 members (excludes halogenated alkanes) is 13. The largest absolute Gasteiger partial charge is 0.387 e. The SMILES string of the molecule is CCCCCCC/C=C/CC/C=C/CC/C=C/C(O)C(CS(=O)(=O)O)NC(=O)CCCCCCCCC. The molecule has 1 amide bonds. The van der Waals surface area contributed by atoms with E-state index in [0.717, 1.165) is 44.9 Å². The second kappa shape index (κ2) is 24.9. The van der Waals surface area contributed by atoms with Gasteiger partial charge in [0.05, 0.1) is 17.9 Å². The van der Waals surface area contributed by atoms with Crippen molar-refractivity contribution in [3.05, 3.63) is 36.5 Å². The molecule has 0 fully saturated rings. The van der Waals surface area contributed by atoms with Gasteiger partial charge in [0.25, 0.3) is 10.1 Å². The number of aliphatic hydroxyl groups excluding tert-OH is 1. The van der Waals surface area contributed by atoms with Crippen LogP contribution < -0.4 is 5.32 Å². The molecule has 2 atom stereocenters. The summed E-state index contributed by atoms with van der Waals surface area (Å²) in [6.07, 6.45) is 30.0. The second-order valence-electron chi connectivity index (χ2n) is 10.0. The number of carbonyl (C=O) groups excluding carboxylic acids is 1. The van der Waals surface area contributed by atoms with Crippen LogP contribution in [-0.4, -0.2) is 41.9 Å². The third-order valence-corrected chi connectivity index (χ3v) is 7.08. The summed E-state index contributed by atoms with van der Waals surface area (Å²) in [7, 11) is -4.34. The highest BCUT2D eigenvalue weighted by molar-refractivity contribution is 7.85. The molecule has 0 aromatic rings. The lowest BCUT2D eigenvalue weighted by atomic mass is 10.1. The van der Waals surface area contributed by atoms with Gasteiger partial charge in [-0.05, 0) is 44.9 Å². The smallest absolute Gasteiger partial charge is 0.267 e. The van der Waals surface area contributed by atoms with Gasteiger partial charge in [-0.1, -0.05) is 115 Å². The van der Waals surface area contributed by atoms with Gasteiger partial charge in [0, 0.05) is 6.42 Å². The third kappa shape index (κ3) is 26.0. The van der Waals surface area contributed by atoms with Crippen molar-refractivity contribution in [3.63, 3.8) is 0 Å². The minimum Gasteiger partial charge on any atom is -0.387 e. The molecule has 0 saturated carbocycles. The Morgan fingerprint density at radius 2 is 1.16 bits per heavy atom. The topological polar surface area (TPSA) is 104 Å². The van der Waals surface area contributed by atoms with Crippen LogP contribution in [0.15, 0.2) is 36.5 Å². The Labute approximate surface area is 227 Å². The van der Waals surface area contributed by atoms with Gasteiger partial charge in [-0.15, -0.1) is 0 Å². The van der Waals surface area contributed by atoms with E-state index in [2.05, 4.69) is 43.5 Å². The highest BCUT2D eigenvalue weighted by Gasteiger charge is 2.24. The van der Waals surface area contributed by atoms with Crippen LogP contribution in [0.25, 0.3) is 0 Å². The molecule has 0 rings (SSSR count). The summed E-state index contributed by atoms with van der Waals surface area (Å²) in [6, 6.07) is -1.07. The molecule has 0 spiro atoms. The quantitative estimate of drug-likeness (QED) is 0.0632. The molecule has 0 aliphatic carbocycles. The lowest BCUT2D eigenvalue weighted by molar-refractivity contribution is -0.122. The van der Waals surface area contributed by atoms with Crippen molar-refractivity contribution in [2.24, 2.45) is 0 Å². The van der Waals surface area contributed by atoms with Gasteiger partial charge >= 0.3 is 0 Å². The van der Waals surface area contributed by atoms with Gasteiger partial charge in [-0.2, -0.15) is 8.42 Å². The van der Waals surface area contributed by atoms with Crippen LogP contribution in [0.3, 0.4) is 0 Å². The standard InChI is InChI=1S/C30H55NO5S/c1-3-5-7-9-11-12-13-14-15-16-17-18-20-21-23-25-29(32)28(27-37(34,35)36)31-30(33)26-24-22-19-10-8-6-4-2/h13-14,17-18,23,25,28-29,32H,3-12,15-16,19-22,24,26-27H2,1-2H3,(H,31,33)(H,34,35,36)/b14-13+,18-17+,25-23+. The zero-order chi connectivity index (χ0) is 27.6. The minimum atomic E-state index is -4.34. The Morgan fingerprint density at radius 3 is 1.70 bits per heavy atom. The van der Waals surface area contributed by atoms with Gasteiger partial charge in [-0.3, -0.25) is 9.35 Å². The lowest BCUT2D eigenvalue weighted by Crippen LogP contribution is -2.46. The first-order valence-corrected chi connectivity index (χ1v) is 16.3. The molecule has 0 bridgehead atoms.